The molecule has 1 atom stereocenters. The van der Waals surface area contributed by atoms with Gasteiger partial charge in [0.2, 0.25) is 5.91 Å². The second-order valence-electron chi connectivity index (χ2n) is 5.20. The van der Waals surface area contributed by atoms with Crippen LogP contribution in [0.3, 0.4) is 0 Å². The molecule has 2 aromatic heterocycles. The van der Waals surface area contributed by atoms with Crippen molar-refractivity contribution in [1.82, 2.24) is 14.7 Å². The minimum atomic E-state index is -0.00571. The Balaban J connectivity index is 1.63. The maximum atomic E-state index is 12.1. The molecule has 0 radical (unpaired) electrons. The molecule has 0 aliphatic rings. The lowest BCUT2D eigenvalue weighted by Gasteiger charge is -2.14. The maximum Gasteiger partial charge on any atom is 0.226 e. The van der Waals surface area contributed by atoms with E-state index in [1.165, 1.54) is 5.56 Å². The van der Waals surface area contributed by atoms with Crippen LogP contribution >= 0.6 is 11.3 Å². The number of carbonyl (C=O) groups excluding carboxylic acids is 1. The fourth-order valence-corrected chi connectivity index (χ4v) is 2.98. The van der Waals surface area contributed by atoms with E-state index < -0.39 is 0 Å². The van der Waals surface area contributed by atoms with Gasteiger partial charge in [0.15, 0.2) is 4.96 Å². The molecule has 5 heteroatoms. The molecule has 0 aliphatic heterocycles. The lowest BCUT2D eigenvalue weighted by Crippen LogP contribution is -2.28. The van der Waals surface area contributed by atoms with Crippen LogP contribution in [0.2, 0.25) is 0 Å². The first-order chi connectivity index (χ1) is 10.1. The Morgan fingerprint density at radius 3 is 2.86 bits per heavy atom. The van der Waals surface area contributed by atoms with Gasteiger partial charge in [0.25, 0.3) is 0 Å². The summed E-state index contributed by atoms with van der Waals surface area (Å²) in [7, 11) is 0. The maximum absolute atomic E-state index is 12.1. The third kappa shape index (κ3) is 3.13. The number of rotatable bonds is 4. The van der Waals surface area contributed by atoms with Gasteiger partial charge in [0.05, 0.1) is 18.2 Å². The Labute approximate surface area is 127 Å². The van der Waals surface area contributed by atoms with E-state index in [1.807, 2.05) is 41.2 Å². The normalized spacial score (nSPS) is 12.5. The van der Waals surface area contributed by atoms with Gasteiger partial charge in [-0.25, -0.2) is 4.98 Å². The Morgan fingerprint density at radius 2 is 2.14 bits per heavy atom. The summed E-state index contributed by atoms with van der Waals surface area (Å²) in [5.74, 6) is -0.00571. The van der Waals surface area contributed by atoms with Crippen molar-refractivity contribution in [3.63, 3.8) is 0 Å². The number of carbonyl (C=O) groups is 1. The topological polar surface area (TPSA) is 46.4 Å². The van der Waals surface area contributed by atoms with Gasteiger partial charge < -0.3 is 5.32 Å². The summed E-state index contributed by atoms with van der Waals surface area (Å²) in [6.07, 6.45) is 4.16. The molecule has 0 aliphatic carbocycles. The molecule has 1 amide bonds. The van der Waals surface area contributed by atoms with Crippen LogP contribution in [0.4, 0.5) is 0 Å². The molecule has 4 nitrogen and oxygen atoms in total. The van der Waals surface area contributed by atoms with Crippen molar-refractivity contribution in [3.8, 4) is 0 Å². The zero-order valence-corrected chi connectivity index (χ0v) is 12.9. The number of aromatic nitrogens is 2. The van der Waals surface area contributed by atoms with E-state index in [9.17, 15) is 4.79 Å². The number of amides is 1. The standard InChI is InChI=1S/C16H17N3OS/c1-11-3-5-13(6-4-11)12(2)17-15(20)9-14-10-19-7-8-21-16(19)18-14/h3-8,10,12H,9H2,1-2H3,(H,17,20). The summed E-state index contributed by atoms with van der Waals surface area (Å²) < 4.78 is 1.94. The summed E-state index contributed by atoms with van der Waals surface area (Å²) in [6, 6.07) is 8.21. The van der Waals surface area contributed by atoms with Crippen molar-refractivity contribution in [2.75, 3.05) is 0 Å². The molecule has 0 spiro atoms. The Morgan fingerprint density at radius 1 is 1.38 bits per heavy atom. The molecule has 21 heavy (non-hydrogen) atoms. The molecule has 0 saturated carbocycles. The zero-order chi connectivity index (χ0) is 14.8. The molecule has 3 rings (SSSR count). The van der Waals surface area contributed by atoms with Crippen LogP contribution < -0.4 is 5.32 Å². The molecule has 1 aromatic carbocycles. The summed E-state index contributed by atoms with van der Waals surface area (Å²) >= 11 is 1.57. The van der Waals surface area contributed by atoms with Crippen molar-refractivity contribution >= 4 is 22.2 Å². The van der Waals surface area contributed by atoms with Crippen LogP contribution in [0.1, 0.15) is 29.8 Å². The van der Waals surface area contributed by atoms with E-state index in [1.54, 1.807) is 11.3 Å². The summed E-state index contributed by atoms with van der Waals surface area (Å²) in [5.41, 5.74) is 3.13. The Kier molecular flexibility index (Phi) is 3.75. The van der Waals surface area contributed by atoms with Gasteiger partial charge >= 0.3 is 0 Å². The fourth-order valence-electron chi connectivity index (χ4n) is 2.26. The molecular weight excluding hydrogens is 282 g/mol. The van der Waals surface area contributed by atoms with Crippen molar-refractivity contribution in [3.05, 3.63) is 58.9 Å². The van der Waals surface area contributed by atoms with Gasteiger partial charge in [-0.3, -0.25) is 9.20 Å². The highest BCUT2D eigenvalue weighted by atomic mass is 32.1. The largest absolute Gasteiger partial charge is 0.349 e. The third-order valence-corrected chi connectivity index (χ3v) is 4.21. The van der Waals surface area contributed by atoms with Gasteiger partial charge in [-0.2, -0.15) is 0 Å². The smallest absolute Gasteiger partial charge is 0.226 e. The average molecular weight is 299 g/mol. The van der Waals surface area contributed by atoms with E-state index >= 15 is 0 Å². The second kappa shape index (κ2) is 5.69. The fraction of sp³-hybridized carbons (Fsp3) is 0.250. The van der Waals surface area contributed by atoms with E-state index in [0.29, 0.717) is 6.42 Å². The van der Waals surface area contributed by atoms with Crippen LogP contribution in [0, 0.1) is 6.92 Å². The highest BCUT2D eigenvalue weighted by Crippen LogP contribution is 2.14. The number of imidazole rings is 1. The minimum absolute atomic E-state index is 0.00170. The predicted octanol–water partition coefficient (Wildman–Crippen LogP) is 3.12. The second-order valence-corrected chi connectivity index (χ2v) is 6.07. The summed E-state index contributed by atoms with van der Waals surface area (Å²) in [4.78, 5) is 17.5. The van der Waals surface area contributed by atoms with Crippen LogP contribution in [-0.2, 0) is 11.2 Å². The number of fused-ring (bicyclic) bond motifs is 1. The molecule has 1 unspecified atom stereocenters. The van der Waals surface area contributed by atoms with E-state index in [2.05, 4.69) is 29.4 Å². The molecule has 108 valence electrons. The number of nitrogens with zero attached hydrogens (tertiary/aromatic N) is 2. The molecule has 1 N–H and O–H groups in total. The molecule has 3 aromatic rings. The van der Waals surface area contributed by atoms with Gasteiger partial charge in [-0.05, 0) is 19.4 Å². The SMILES string of the molecule is Cc1ccc(C(C)NC(=O)Cc2cn3ccsc3n2)cc1. The quantitative estimate of drug-likeness (QED) is 0.804. The minimum Gasteiger partial charge on any atom is -0.349 e. The van der Waals surface area contributed by atoms with Crippen molar-refractivity contribution in [2.45, 2.75) is 26.3 Å². The molecule has 0 bridgehead atoms. The monoisotopic (exact) mass is 299 g/mol. The van der Waals surface area contributed by atoms with Gasteiger partial charge in [0.1, 0.15) is 0 Å². The molecule has 2 heterocycles. The van der Waals surface area contributed by atoms with Crippen molar-refractivity contribution < 1.29 is 4.79 Å². The van der Waals surface area contributed by atoms with Gasteiger partial charge in [-0.15, -0.1) is 11.3 Å². The Hall–Kier alpha value is -2.14. The lowest BCUT2D eigenvalue weighted by molar-refractivity contribution is -0.121. The lowest BCUT2D eigenvalue weighted by atomic mass is 10.1. The molecule has 0 fully saturated rings. The first-order valence-corrected chi connectivity index (χ1v) is 7.77. The van der Waals surface area contributed by atoms with Crippen LogP contribution in [0.5, 0.6) is 0 Å². The zero-order valence-electron chi connectivity index (χ0n) is 12.0. The van der Waals surface area contributed by atoms with Crippen molar-refractivity contribution in [1.29, 1.82) is 0 Å². The summed E-state index contributed by atoms with van der Waals surface area (Å²) in [5, 5.41) is 4.99. The predicted molar refractivity (Wildman–Crippen MR) is 84.5 cm³/mol. The number of aryl methyl sites for hydroxylation is 1. The summed E-state index contributed by atoms with van der Waals surface area (Å²) in [6.45, 7) is 4.05. The van der Waals surface area contributed by atoms with E-state index in [0.717, 1.165) is 16.2 Å². The third-order valence-electron chi connectivity index (χ3n) is 3.44. The Bertz CT molecular complexity index is 729. The first-order valence-electron chi connectivity index (χ1n) is 6.89. The number of hydrogen-bond donors (Lipinski definition) is 1. The van der Waals surface area contributed by atoms with Gasteiger partial charge in [-0.1, -0.05) is 29.8 Å². The van der Waals surface area contributed by atoms with E-state index in [-0.39, 0.29) is 11.9 Å². The van der Waals surface area contributed by atoms with E-state index in [4.69, 9.17) is 0 Å². The average Bonchev–Trinajstić information content (AvgIpc) is 3.00. The highest BCUT2D eigenvalue weighted by Gasteiger charge is 2.12. The first kappa shape index (κ1) is 13.8. The van der Waals surface area contributed by atoms with Crippen LogP contribution in [0.15, 0.2) is 42.0 Å². The number of thiazole rings is 1. The number of benzene rings is 1. The van der Waals surface area contributed by atoms with Crippen molar-refractivity contribution in [2.24, 2.45) is 0 Å². The molecular formula is C16H17N3OS. The van der Waals surface area contributed by atoms with Crippen LogP contribution in [0.25, 0.3) is 4.96 Å². The number of nitrogens with one attached hydrogen (secondary N) is 1. The highest BCUT2D eigenvalue weighted by molar-refractivity contribution is 7.15. The van der Waals surface area contributed by atoms with Crippen LogP contribution in [-0.4, -0.2) is 15.3 Å². The van der Waals surface area contributed by atoms with Gasteiger partial charge in [0, 0.05) is 17.8 Å². The number of hydrogen-bond acceptors (Lipinski definition) is 3. The molecule has 0 saturated heterocycles.